The molecule has 0 aliphatic heterocycles. The fourth-order valence-electron chi connectivity index (χ4n) is 3.73. The molecular formula is C16H25N3O. The zero-order valence-corrected chi connectivity index (χ0v) is 12.5. The number of carbonyl (C=O) groups is 1. The van der Waals surface area contributed by atoms with E-state index in [0.717, 1.165) is 18.3 Å². The molecule has 20 heavy (non-hydrogen) atoms. The van der Waals surface area contributed by atoms with Gasteiger partial charge in [0.1, 0.15) is 11.6 Å². The lowest BCUT2D eigenvalue weighted by Crippen LogP contribution is -2.34. The van der Waals surface area contributed by atoms with Crippen LogP contribution in [0.25, 0.3) is 0 Å². The van der Waals surface area contributed by atoms with Crippen LogP contribution in [-0.2, 0) is 4.79 Å². The van der Waals surface area contributed by atoms with Gasteiger partial charge in [-0.05, 0) is 50.4 Å². The molecule has 4 heteroatoms. The molecule has 2 saturated carbocycles. The zero-order chi connectivity index (χ0) is 14.5. The average Bonchev–Trinajstić information content (AvgIpc) is 3.08. The molecule has 0 aromatic rings. The average molecular weight is 275 g/mol. The van der Waals surface area contributed by atoms with Crippen molar-refractivity contribution in [2.75, 3.05) is 6.54 Å². The van der Waals surface area contributed by atoms with Gasteiger partial charge in [-0.25, -0.2) is 0 Å². The molecule has 4 nitrogen and oxygen atoms in total. The molecular weight excluding hydrogens is 250 g/mol. The number of amides is 1. The first-order chi connectivity index (χ1) is 9.65. The number of rotatable bonds is 6. The second kappa shape index (κ2) is 6.78. The summed E-state index contributed by atoms with van der Waals surface area (Å²) < 4.78 is 0. The molecule has 0 spiro atoms. The summed E-state index contributed by atoms with van der Waals surface area (Å²) in [6.07, 6.45) is 7.90. The Hall–Kier alpha value is -1.50. The fourth-order valence-corrected chi connectivity index (χ4v) is 3.73. The van der Waals surface area contributed by atoms with Gasteiger partial charge in [0.25, 0.3) is 5.91 Å². The molecule has 0 heterocycles. The predicted molar refractivity (Wildman–Crippen MR) is 78.5 cm³/mol. The second-order valence-corrected chi connectivity index (χ2v) is 6.22. The number of nitrogens with zero attached hydrogens (tertiary/aromatic N) is 1. The van der Waals surface area contributed by atoms with Gasteiger partial charge in [-0.15, -0.1) is 0 Å². The van der Waals surface area contributed by atoms with Crippen molar-refractivity contribution in [3.05, 3.63) is 11.8 Å². The normalized spacial score (nSPS) is 29.9. The molecule has 0 aromatic heterocycles. The lowest BCUT2D eigenvalue weighted by atomic mass is 9.84. The number of nitrogens with one attached hydrogen (secondary N) is 2. The van der Waals surface area contributed by atoms with E-state index in [2.05, 4.69) is 17.6 Å². The molecule has 0 radical (unpaired) electrons. The summed E-state index contributed by atoms with van der Waals surface area (Å²) in [4.78, 5) is 11.8. The maximum absolute atomic E-state index is 11.8. The van der Waals surface area contributed by atoms with Crippen LogP contribution in [0.1, 0.15) is 46.0 Å². The van der Waals surface area contributed by atoms with Crippen molar-refractivity contribution in [3.63, 3.8) is 0 Å². The quantitative estimate of drug-likeness (QED) is 0.577. The van der Waals surface area contributed by atoms with Crippen molar-refractivity contribution in [3.8, 4) is 6.07 Å². The standard InChI is InChI=1S/C16H25N3O/c1-3-6-18-16(20)14(9-17)10-19-11(2)15-8-12-4-5-13(15)7-12/h10-13,15,19H,3-8H2,1-2H3,(H,18,20)/b14-10-. The van der Waals surface area contributed by atoms with Gasteiger partial charge in [-0.1, -0.05) is 13.3 Å². The molecule has 2 fully saturated rings. The van der Waals surface area contributed by atoms with Gasteiger partial charge in [0.15, 0.2) is 0 Å². The Labute approximate surface area is 121 Å². The summed E-state index contributed by atoms with van der Waals surface area (Å²) in [5.74, 6) is 2.18. The van der Waals surface area contributed by atoms with Crippen molar-refractivity contribution < 1.29 is 4.79 Å². The Morgan fingerprint density at radius 2 is 2.25 bits per heavy atom. The largest absolute Gasteiger partial charge is 0.387 e. The Morgan fingerprint density at radius 1 is 1.45 bits per heavy atom. The van der Waals surface area contributed by atoms with Gasteiger partial charge in [-0.2, -0.15) is 5.26 Å². The highest BCUT2D eigenvalue weighted by Gasteiger charge is 2.41. The fraction of sp³-hybridized carbons (Fsp3) is 0.750. The third-order valence-corrected chi connectivity index (χ3v) is 4.83. The molecule has 2 rings (SSSR count). The topological polar surface area (TPSA) is 64.9 Å². The Bertz CT molecular complexity index is 424. The first-order valence-corrected chi connectivity index (χ1v) is 7.80. The van der Waals surface area contributed by atoms with E-state index in [0.29, 0.717) is 18.5 Å². The third kappa shape index (κ3) is 3.33. The lowest BCUT2D eigenvalue weighted by Gasteiger charge is -2.28. The molecule has 2 aliphatic carbocycles. The highest BCUT2D eigenvalue weighted by molar-refractivity contribution is 5.97. The first kappa shape index (κ1) is 14.9. The molecule has 1 amide bonds. The number of fused-ring (bicyclic) bond motifs is 2. The van der Waals surface area contributed by atoms with Gasteiger partial charge in [0, 0.05) is 18.8 Å². The predicted octanol–water partition coefficient (Wildman–Crippen LogP) is 2.33. The van der Waals surface area contributed by atoms with Gasteiger partial charge in [-0.3, -0.25) is 4.79 Å². The van der Waals surface area contributed by atoms with E-state index in [1.54, 1.807) is 6.20 Å². The summed E-state index contributed by atoms with van der Waals surface area (Å²) in [6, 6.07) is 2.32. The first-order valence-electron chi connectivity index (χ1n) is 7.80. The molecule has 4 atom stereocenters. The van der Waals surface area contributed by atoms with E-state index in [-0.39, 0.29) is 11.5 Å². The van der Waals surface area contributed by atoms with Crippen LogP contribution in [0.5, 0.6) is 0 Å². The summed E-state index contributed by atoms with van der Waals surface area (Å²) in [7, 11) is 0. The Kier molecular flexibility index (Phi) is 5.05. The summed E-state index contributed by atoms with van der Waals surface area (Å²) in [5, 5.41) is 15.1. The van der Waals surface area contributed by atoms with Crippen LogP contribution in [0.15, 0.2) is 11.8 Å². The van der Waals surface area contributed by atoms with E-state index >= 15 is 0 Å². The van der Waals surface area contributed by atoms with Gasteiger partial charge in [0.2, 0.25) is 0 Å². The number of carbonyl (C=O) groups excluding carboxylic acids is 1. The van der Waals surface area contributed by atoms with E-state index in [1.807, 2.05) is 13.0 Å². The summed E-state index contributed by atoms with van der Waals surface area (Å²) in [6.45, 7) is 4.77. The molecule has 2 aliphatic rings. The van der Waals surface area contributed by atoms with Crippen LogP contribution < -0.4 is 10.6 Å². The second-order valence-electron chi connectivity index (χ2n) is 6.22. The maximum Gasteiger partial charge on any atom is 0.263 e. The smallest absolute Gasteiger partial charge is 0.263 e. The monoisotopic (exact) mass is 275 g/mol. The zero-order valence-electron chi connectivity index (χ0n) is 12.5. The Morgan fingerprint density at radius 3 is 2.80 bits per heavy atom. The minimum absolute atomic E-state index is 0.174. The van der Waals surface area contributed by atoms with Crippen LogP contribution in [0.2, 0.25) is 0 Å². The molecule has 2 N–H and O–H groups in total. The number of nitriles is 1. The molecule has 0 saturated heterocycles. The van der Waals surface area contributed by atoms with E-state index in [9.17, 15) is 4.79 Å². The molecule has 4 unspecified atom stereocenters. The van der Waals surface area contributed by atoms with Crippen LogP contribution in [0.3, 0.4) is 0 Å². The lowest BCUT2D eigenvalue weighted by molar-refractivity contribution is -0.117. The van der Waals surface area contributed by atoms with Crippen molar-refractivity contribution in [1.29, 1.82) is 5.26 Å². The highest BCUT2D eigenvalue weighted by Crippen LogP contribution is 2.49. The molecule has 110 valence electrons. The van der Waals surface area contributed by atoms with Crippen molar-refractivity contribution >= 4 is 5.91 Å². The van der Waals surface area contributed by atoms with Crippen molar-refractivity contribution in [2.45, 2.75) is 52.0 Å². The van der Waals surface area contributed by atoms with Crippen molar-refractivity contribution in [2.24, 2.45) is 17.8 Å². The van der Waals surface area contributed by atoms with Crippen LogP contribution >= 0.6 is 0 Å². The maximum atomic E-state index is 11.8. The van der Waals surface area contributed by atoms with E-state index in [1.165, 1.54) is 25.7 Å². The minimum Gasteiger partial charge on any atom is -0.387 e. The van der Waals surface area contributed by atoms with Gasteiger partial charge < -0.3 is 10.6 Å². The number of hydrogen-bond donors (Lipinski definition) is 2. The minimum atomic E-state index is -0.276. The van der Waals surface area contributed by atoms with Crippen LogP contribution in [-0.4, -0.2) is 18.5 Å². The van der Waals surface area contributed by atoms with Crippen molar-refractivity contribution in [1.82, 2.24) is 10.6 Å². The SMILES string of the molecule is CCCNC(=O)/C(C#N)=C\NC(C)C1CC2CCC1C2. The summed E-state index contributed by atoms with van der Waals surface area (Å²) in [5.41, 5.74) is 0.174. The van der Waals surface area contributed by atoms with E-state index < -0.39 is 0 Å². The van der Waals surface area contributed by atoms with Gasteiger partial charge in [0.05, 0.1) is 0 Å². The highest BCUT2D eigenvalue weighted by atomic mass is 16.1. The van der Waals surface area contributed by atoms with Crippen LogP contribution in [0.4, 0.5) is 0 Å². The van der Waals surface area contributed by atoms with Crippen LogP contribution in [0, 0.1) is 29.1 Å². The summed E-state index contributed by atoms with van der Waals surface area (Å²) >= 11 is 0. The molecule has 0 aromatic carbocycles. The van der Waals surface area contributed by atoms with Gasteiger partial charge >= 0.3 is 0 Å². The van der Waals surface area contributed by atoms with E-state index in [4.69, 9.17) is 5.26 Å². The molecule has 2 bridgehead atoms. The third-order valence-electron chi connectivity index (χ3n) is 4.83. The Balaban J connectivity index is 1.86. The number of hydrogen-bond acceptors (Lipinski definition) is 3.